The fraction of sp³-hybridized carbons (Fsp3) is 0.259. The van der Waals surface area contributed by atoms with Gasteiger partial charge in [0.1, 0.15) is 23.0 Å². The lowest BCUT2D eigenvalue weighted by atomic mass is 10.1. The Morgan fingerprint density at radius 3 is 2.66 bits per heavy atom. The maximum atomic E-state index is 13.3. The van der Waals surface area contributed by atoms with Crippen LogP contribution in [0.1, 0.15) is 22.3 Å². The zero-order valence-corrected chi connectivity index (χ0v) is 19.4. The van der Waals surface area contributed by atoms with Crippen LogP contribution >= 0.6 is 0 Å². The Morgan fingerprint density at radius 1 is 0.886 bits per heavy atom. The van der Waals surface area contributed by atoms with E-state index in [9.17, 15) is 4.79 Å². The number of rotatable bonds is 2. The van der Waals surface area contributed by atoms with E-state index in [2.05, 4.69) is 4.90 Å². The van der Waals surface area contributed by atoms with Gasteiger partial charge in [-0.1, -0.05) is 12.1 Å². The third-order valence-corrected chi connectivity index (χ3v) is 6.44. The first kappa shape index (κ1) is 21.3. The highest BCUT2D eigenvalue weighted by Crippen LogP contribution is 2.39. The van der Waals surface area contributed by atoms with Gasteiger partial charge in [-0.05, 0) is 55.0 Å². The summed E-state index contributed by atoms with van der Waals surface area (Å²) in [5.74, 6) is 4.27. The van der Waals surface area contributed by atoms with Crippen LogP contribution in [0.3, 0.4) is 0 Å². The number of carbonyl (C=O) groups excluding carboxylic acids is 1. The Labute approximate surface area is 203 Å². The van der Waals surface area contributed by atoms with Crippen LogP contribution in [-0.2, 0) is 0 Å². The number of hydrogen-bond acceptors (Lipinski definition) is 7. The number of amidine groups is 1. The molecule has 0 radical (unpaired) electrons. The molecule has 3 aromatic rings. The van der Waals surface area contributed by atoms with Gasteiger partial charge in [0.2, 0.25) is 6.79 Å². The molecule has 8 nitrogen and oxygen atoms in total. The molecule has 0 bridgehead atoms. The van der Waals surface area contributed by atoms with Crippen molar-refractivity contribution in [3.8, 4) is 28.7 Å². The van der Waals surface area contributed by atoms with Crippen molar-refractivity contribution in [3.63, 3.8) is 0 Å². The van der Waals surface area contributed by atoms with Crippen LogP contribution in [0.2, 0.25) is 0 Å². The predicted octanol–water partition coefficient (Wildman–Crippen LogP) is 4.46. The van der Waals surface area contributed by atoms with Crippen LogP contribution < -0.4 is 18.9 Å². The van der Waals surface area contributed by atoms with Crippen LogP contribution in [-0.4, -0.2) is 61.6 Å². The van der Waals surface area contributed by atoms with Gasteiger partial charge in [-0.2, -0.15) is 0 Å². The third-order valence-electron chi connectivity index (χ3n) is 6.44. The van der Waals surface area contributed by atoms with Crippen LogP contribution in [0.15, 0.2) is 65.7 Å². The van der Waals surface area contributed by atoms with Crippen LogP contribution in [0.25, 0.3) is 0 Å². The van der Waals surface area contributed by atoms with E-state index in [1.54, 1.807) is 25.3 Å². The van der Waals surface area contributed by atoms with Crippen molar-refractivity contribution < 1.29 is 23.7 Å². The molecule has 3 aliphatic rings. The Balaban J connectivity index is 1.28. The molecule has 0 spiro atoms. The van der Waals surface area contributed by atoms with Crippen molar-refractivity contribution in [1.29, 1.82) is 0 Å². The number of amides is 1. The van der Waals surface area contributed by atoms with Gasteiger partial charge < -0.3 is 28.7 Å². The van der Waals surface area contributed by atoms with E-state index >= 15 is 0 Å². The van der Waals surface area contributed by atoms with E-state index in [0.717, 1.165) is 41.6 Å². The Morgan fingerprint density at radius 2 is 1.74 bits per heavy atom. The quantitative estimate of drug-likeness (QED) is 0.550. The van der Waals surface area contributed by atoms with Gasteiger partial charge in [0.25, 0.3) is 5.91 Å². The molecule has 3 aromatic carbocycles. The lowest BCUT2D eigenvalue weighted by Crippen LogP contribution is -2.37. The van der Waals surface area contributed by atoms with Crippen molar-refractivity contribution in [2.45, 2.75) is 6.42 Å². The maximum absolute atomic E-state index is 13.3. The molecule has 6 rings (SSSR count). The average Bonchev–Trinajstić information content (AvgIpc) is 3.13. The molecular weight excluding hydrogens is 446 g/mol. The minimum Gasteiger partial charge on any atom is -0.497 e. The number of aliphatic imine (C=N–C) groups is 1. The summed E-state index contributed by atoms with van der Waals surface area (Å²) in [5.41, 5.74) is 2.25. The summed E-state index contributed by atoms with van der Waals surface area (Å²) in [7, 11) is 1.65. The Kier molecular flexibility index (Phi) is 5.41. The second kappa shape index (κ2) is 8.87. The molecule has 1 fully saturated rings. The van der Waals surface area contributed by atoms with Gasteiger partial charge >= 0.3 is 0 Å². The zero-order chi connectivity index (χ0) is 23.8. The summed E-state index contributed by atoms with van der Waals surface area (Å²) in [6.07, 6.45) is 0.817. The topological polar surface area (TPSA) is 72.8 Å². The van der Waals surface area contributed by atoms with Gasteiger partial charge in [-0.25, -0.2) is 4.99 Å². The van der Waals surface area contributed by atoms with Crippen molar-refractivity contribution in [1.82, 2.24) is 9.80 Å². The van der Waals surface area contributed by atoms with Crippen molar-refractivity contribution in [3.05, 3.63) is 71.8 Å². The molecule has 1 saturated heterocycles. The van der Waals surface area contributed by atoms with Gasteiger partial charge in [0, 0.05) is 31.7 Å². The second-order valence-electron chi connectivity index (χ2n) is 8.57. The molecule has 35 heavy (non-hydrogen) atoms. The minimum atomic E-state index is -0.0105. The Hall–Kier alpha value is -4.20. The third kappa shape index (κ3) is 4.01. The van der Waals surface area contributed by atoms with Gasteiger partial charge in [-0.3, -0.25) is 4.79 Å². The summed E-state index contributed by atoms with van der Waals surface area (Å²) in [4.78, 5) is 22.4. The van der Waals surface area contributed by atoms with E-state index in [1.165, 1.54) is 0 Å². The first-order chi connectivity index (χ1) is 17.2. The van der Waals surface area contributed by atoms with Gasteiger partial charge in [0.05, 0.1) is 12.7 Å². The lowest BCUT2D eigenvalue weighted by molar-refractivity contribution is 0.0763. The fourth-order valence-corrected chi connectivity index (χ4v) is 4.61. The molecular formula is C27H25N3O5. The first-order valence-electron chi connectivity index (χ1n) is 11.7. The summed E-state index contributed by atoms with van der Waals surface area (Å²) in [5, 5.41) is 0. The summed E-state index contributed by atoms with van der Waals surface area (Å²) in [6.45, 7) is 2.84. The van der Waals surface area contributed by atoms with Crippen LogP contribution in [0.5, 0.6) is 28.7 Å². The number of ether oxygens (including phenoxy) is 4. The number of hydrogen-bond donors (Lipinski definition) is 0. The molecule has 0 aromatic heterocycles. The largest absolute Gasteiger partial charge is 0.497 e. The van der Waals surface area contributed by atoms with Crippen molar-refractivity contribution >= 4 is 17.4 Å². The SMILES string of the molecule is COc1ccc2c(c1)C(N1CCCN(C(=O)c3ccc4c(c3)OCO4)CC1)=Nc1ccccc1O2. The Bertz CT molecular complexity index is 1320. The highest BCUT2D eigenvalue weighted by Gasteiger charge is 2.27. The number of methoxy groups -OCH3 is 1. The first-order valence-corrected chi connectivity index (χ1v) is 11.7. The normalized spacial score (nSPS) is 16.3. The van der Waals surface area contributed by atoms with E-state index in [-0.39, 0.29) is 12.7 Å². The molecule has 3 aliphatic heterocycles. The highest BCUT2D eigenvalue weighted by atomic mass is 16.7. The molecule has 178 valence electrons. The molecule has 1 amide bonds. The van der Waals surface area contributed by atoms with E-state index in [4.69, 9.17) is 23.9 Å². The number of carbonyl (C=O) groups is 1. The summed E-state index contributed by atoms with van der Waals surface area (Å²) < 4.78 is 22.5. The van der Waals surface area contributed by atoms with Crippen molar-refractivity contribution in [2.24, 2.45) is 4.99 Å². The molecule has 0 saturated carbocycles. The minimum absolute atomic E-state index is 0.0105. The standard InChI is InChI=1S/C27H25N3O5/c1-32-19-8-10-22-20(16-19)26(28-21-5-2-3-6-23(21)35-22)29-11-4-12-30(14-13-29)27(31)18-7-9-24-25(15-18)34-17-33-24/h2-3,5-10,15-16H,4,11-14,17H2,1H3. The van der Waals surface area contributed by atoms with Gasteiger partial charge in [-0.15, -0.1) is 0 Å². The number of nitrogens with zero attached hydrogens (tertiary/aromatic N) is 3. The molecule has 3 heterocycles. The summed E-state index contributed by atoms with van der Waals surface area (Å²) in [6, 6.07) is 18.9. The second-order valence-corrected chi connectivity index (χ2v) is 8.57. The molecule has 0 unspecified atom stereocenters. The molecule has 0 aliphatic carbocycles. The maximum Gasteiger partial charge on any atom is 0.254 e. The van der Waals surface area contributed by atoms with Crippen molar-refractivity contribution in [2.75, 3.05) is 40.1 Å². The predicted molar refractivity (Wildman–Crippen MR) is 130 cm³/mol. The van der Waals surface area contributed by atoms with E-state index < -0.39 is 0 Å². The average molecular weight is 472 g/mol. The van der Waals surface area contributed by atoms with Crippen LogP contribution in [0.4, 0.5) is 5.69 Å². The fourth-order valence-electron chi connectivity index (χ4n) is 4.61. The zero-order valence-electron chi connectivity index (χ0n) is 19.4. The molecule has 0 N–H and O–H groups in total. The number of benzene rings is 3. The highest BCUT2D eigenvalue weighted by molar-refractivity contribution is 6.04. The molecule has 0 atom stereocenters. The summed E-state index contributed by atoms with van der Waals surface area (Å²) >= 11 is 0. The lowest BCUT2D eigenvalue weighted by Gasteiger charge is -2.25. The van der Waals surface area contributed by atoms with Gasteiger partial charge in [0.15, 0.2) is 17.2 Å². The smallest absolute Gasteiger partial charge is 0.254 e. The van der Waals surface area contributed by atoms with Crippen LogP contribution in [0, 0.1) is 0 Å². The van der Waals surface area contributed by atoms with E-state index in [0.29, 0.717) is 42.4 Å². The van der Waals surface area contributed by atoms with E-state index in [1.807, 2.05) is 47.4 Å². The monoisotopic (exact) mass is 471 g/mol. The number of para-hydroxylation sites is 2. The molecule has 8 heteroatoms. The number of fused-ring (bicyclic) bond motifs is 3.